The molecule has 5 nitrogen and oxygen atoms in total. The maximum absolute atomic E-state index is 12.7. The maximum atomic E-state index is 12.7. The van der Waals surface area contributed by atoms with E-state index >= 15 is 0 Å². The summed E-state index contributed by atoms with van der Waals surface area (Å²) < 4.78 is 10.4. The largest absolute Gasteiger partial charge is 0.493 e. The summed E-state index contributed by atoms with van der Waals surface area (Å²) in [5, 5.41) is 9.05. The first-order valence-corrected chi connectivity index (χ1v) is 6.87. The molecule has 116 valence electrons. The second kappa shape index (κ2) is 6.95. The third-order valence-corrected chi connectivity index (χ3v) is 3.47. The normalized spacial score (nSPS) is 10.3. The van der Waals surface area contributed by atoms with Gasteiger partial charge < -0.3 is 20.3 Å². The molecule has 2 aromatic carbocycles. The molecule has 2 rings (SSSR count). The van der Waals surface area contributed by atoms with Crippen LogP contribution in [0.3, 0.4) is 0 Å². The predicted molar refractivity (Wildman–Crippen MR) is 84.6 cm³/mol. The standard InChI is InChI=1S/C17H19NO4/c1-21-14-7-6-12(10-15(14)22-2)17(20)13-5-3-4-11(8-9-19)16(13)18/h3-7,10,19H,8-9,18H2,1-2H3. The summed E-state index contributed by atoms with van der Waals surface area (Å²) in [6.45, 7) is -0.0157. The molecule has 0 aliphatic carbocycles. The van der Waals surface area contributed by atoms with Gasteiger partial charge in [-0.1, -0.05) is 12.1 Å². The van der Waals surface area contributed by atoms with Crippen LogP contribution in [-0.4, -0.2) is 31.7 Å². The summed E-state index contributed by atoms with van der Waals surface area (Å²) >= 11 is 0. The highest BCUT2D eigenvalue weighted by molar-refractivity contribution is 6.12. The summed E-state index contributed by atoms with van der Waals surface area (Å²) in [4.78, 5) is 12.7. The summed E-state index contributed by atoms with van der Waals surface area (Å²) in [6, 6.07) is 10.2. The average Bonchev–Trinajstić information content (AvgIpc) is 2.55. The number of anilines is 1. The quantitative estimate of drug-likeness (QED) is 0.630. The van der Waals surface area contributed by atoms with Gasteiger partial charge in [0.15, 0.2) is 17.3 Å². The number of aliphatic hydroxyl groups excluding tert-OH is 1. The van der Waals surface area contributed by atoms with Crippen LogP contribution in [0.5, 0.6) is 11.5 Å². The molecule has 0 aliphatic rings. The van der Waals surface area contributed by atoms with Crippen LogP contribution in [0.15, 0.2) is 36.4 Å². The molecule has 0 atom stereocenters. The summed E-state index contributed by atoms with van der Waals surface area (Å²) in [7, 11) is 3.05. The van der Waals surface area contributed by atoms with Crippen LogP contribution in [0.25, 0.3) is 0 Å². The van der Waals surface area contributed by atoms with Gasteiger partial charge in [-0.15, -0.1) is 0 Å². The van der Waals surface area contributed by atoms with Crippen molar-refractivity contribution in [1.29, 1.82) is 0 Å². The number of hydrogen-bond donors (Lipinski definition) is 2. The number of nitrogen functional groups attached to an aromatic ring is 1. The first-order chi connectivity index (χ1) is 10.6. The number of aliphatic hydroxyl groups is 1. The number of ketones is 1. The fourth-order valence-corrected chi connectivity index (χ4v) is 2.28. The van der Waals surface area contributed by atoms with Crippen LogP contribution in [0.4, 0.5) is 5.69 Å². The van der Waals surface area contributed by atoms with E-state index in [4.69, 9.17) is 20.3 Å². The molecule has 0 spiro atoms. The van der Waals surface area contributed by atoms with Crippen LogP contribution in [-0.2, 0) is 6.42 Å². The van der Waals surface area contributed by atoms with Crippen LogP contribution >= 0.6 is 0 Å². The first-order valence-electron chi connectivity index (χ1n) is 6.87. The molecule has 0 amide bonds. The van der Waals surface area contributed by atoms with E-state index in [2.05, 4.69) is 0 Å². The second-order valence-corrected chi connectivity index (χ2v) is 4.75. The van der Waals surface area contributed by atoms with Crippen molar-refractivity contribution in [2.75, 3.05) is 26.6 Å². The lowest BCUT2D eigenvalue weighted by atomic mass is 9.97. The van der Waals surface area contributed by atoms with E-state index in [-0.39, 0.29) is 12.4 Å². The van der Waals surface area contributed by atoms with Crippen molar-refractivity contribution < 1.29 is 19.4 Å². The third kappa shape index (κ3) is 3.04. The lowest BCUT2D eigenvalue weighted by molar-refractivity contribution is 0.103. The highest BCUT2D eigenvalue weighted by atomic mass is 16.5. The van der Waals surface area contributed by atoms with Crippen LogP contribution in [0.2, 0.25) is 0 Å². The van der Waals surface area contributed by atoms with Crippen molar-refractivity contribution in [2.24, 2.45) is 0 Å². The molecule has 0 radical (unpaired) electrons. The monoisotopic (exact) mass is 301 g/mol. The smallest absolute Gasteiger partial charge is 0.195 e. The Kier molecular flexibility index (Phi) is 5.01. The highest BCUT2D eigenvalue weighted by Crippen LogP contribution is 2.29. The van der Waals surface area contributed by atoms with Crippen molar-refractivity contribution in [3.8, 4) is 11.5 Å². The Balaban J connectivity index is 2.42. The number of nitrogens with two attached hydrogens (primary N) is 1. The van der Waals surface area contributed by atoms with Crippen molar-refractivity contribution >= 4 is 11.5 Å². The molecule has 0 aliphatic heterocycles. The third-order valence-electron chi connectivity index (χ3n) is 3.47. The van der Waals surface area contributed by atoms with Crippen LogP contribution in [0, 0.1) is 0 Å². The van der Waals surface area contributed by atoms with Crippen LogP contribution < -0.4 is 15.2 Å². The molecule has 5 heteroatoms. The topological polar surface area (TPSA) is 81.8 Å². The minimum absolute atomic E-state index is 0.0157. The van der Waals surface area contributed by atoms with E-state index < -0.39 is 0 Å². The molecule has 0 fully saturated rings. The van der Waals surface area contributed by atoms with Gasteiger partial charge in [0.1, 0.15) is 0 Å². The zero-order chi connectivity index (χ0) is 16.1. The van der Waals surface area contributed by atoms with Gasteiger partial charge in [0.25, 0.3) is 0 Å². The molecule has 0 unspecified atom stereocenters. The van der Waals surface area contributed by atoms with Gasteiger partial charge in [0.2, 0.25) is 0 Å². The molecule has 0 saturated heterocycles. The van der Waals surface area contributed by atoms with Gasteiger partial charge >= 0.3 is 0 Å². The number of benzene rings is 2. The Bertz CT molecular complexity index is 682. The molecule has 0 heterocycles. The summed E-state index contributed by atoms with van der Waals surface area (Å²) in [6.07, 6.45) is 0.416. The van der Waals surface area contributed by atoms with Gasteiger partial charge in [-0.25, -0.2) is 0 Å². The Morgan fingerprint density at radius 3 is 2.50 bits per heavy atom. The van der Waals surface area contributed by atoms with Gasteiger partial charge in [0.05, 0.1) is 14.2 Å². The predicted octanol–water partition coefficient (Wildman–Crippen LogP) is 2.05. The number of rotatable bonds is 6. The lowest BCUT2D eigenvalue weighted by Gasteiger charge is -2.12. The number of hydrogen-bond acceptors (Lipinski definition) is 5. The molecule has 22 heavy (non-hydrogen) atoms. The molecular weight excluding hydrogens is 282 g/mol. The molecular formula is C17H19NO4. The zero-order valence-electron chi connectivity index (χ0n) is 12.6. The van der Waals surface area contributed by atoms with E-state index in [0.29, 0.717) is 34.7 Å². The molecule has 0 aromatic heterocycles. The van der Waals surface area contributed by atoms with Gasteiger partial charge in [-0.3, -0.25) is 4.79 Å². The maximum Gasteiger partial charge on any atom is 0.195 e. The summed E-state index contributed by atoms with van der Waals surface area (Å²) in [5.41, 5.74) is 8.08. The lowest BCUT2D eigenvalue weighted by Crippen LogP contribution is -2.09. The number of carbonyl (C=O) groups is 1. The first kappa shape index (κ1) is 15.9. The fraction of sp³-hybridized carbons (Fsp3) is 0.235. The van der Waals surface area contributed by atoms with Gasteiger partial charge in [-0.2, -0.15) is 0 Å². The summed E-state index contributed by atoms with van der Waals surface area (Å²) in [5.74, 6) is 0.845. The van der Waals surface area contributed by atoms with E-state index in [9.17, 15) is 4.79 Å². The van der Waals surface area contributed by atoms with E-state index in [0.717, 1.165) is 5.56 Å². The second-order valence-electron chi connectivity index (χ2n) is 4.75. The number of ether oxygens (including phenoxy) is 2. The molecule has 3 N–H and O–H groups in total. The zero-order valence-corrected chi connectivity index (χ0v) is 12.6. The Labute approximate surface area is 129 Å². The minimum atomic E-state index is -0.196. The Morgan fingerprint density at radius 1 is 1.14 bits per heavy atom. The van der Waals surface area contributed by atoms with E-state index in [1.807, 2.05) is 0 Å². The molecule has 2 aromatic rings. The van der Waals surface area contributed by atoms with E-state index in [1.165, 1.54) is 14.2 Å². The number of para-hydroxylation sites is 1. The van der Waals surface area contributed by atoms with Crippen molar-refractivity contribution in [1.82, 2.24) is 0 Å². The van der Waals surface area contributed by atoms with Crippen molar-refractivity contribution in [3.05, 3.63) is 53.1 Å². The molecule has 0 bridgehead atoms. The van der Waals surface area contributed by atoms with Gasteiger partial charge in [0, 0.05) is 23.4 Å². The Morgan fingerprint density at radius 2 is 1.86 bits per heavy atom. The van der Waals surface area contributed by atoms with Gasteiger partial charge in [-0.05, 0) is 36.2 Å². The SMILES string of the molecule is COc1ccc(C(=O)c2cccc(CCO)c2N)cc1OC. The van der Waals surface area contributed by atoms with E-state index in [1.54, 1.807) is 36.4 Å². The van der Waals surface area contributed by atoms with Crippen molar-refractivity contribution in [3.63, 3.8) is 0 Å². The van der Waals surface area contributed by atoms with Crippen LogP contribution in [0.1, 0.15) is 21.5 Å². The average molecular weight is 301 g/mol. The minimum Gasteiger partial charge on any atom is -0.493 e. The number of carbonyl (C=O) groups excluding carboxylic acids is 1. The molecule has 0 saturated carbocycles. The highest BCUT2D eigenvalue weighted by Gasteiger charge is 2.16. The Hall–Kier alpha value is -2.53. The fourth-order valence-electron chi connectivity index (χ4n) is 2.28. The van der Waals surface area contributed by atoms with Crippen molar-refractivity contribution in [2.45, 2.75) is 6.42 Å². The number of methoxy groups -OCH3 is 2.